The third-order valence-electron chi connectivity index (χ3n) is 4.36. The number of aliphatic hydroxyl groups is 3. The van der Waals surface area contributed by atoms with Crippen LogP contribution in [0.5, 0.6) is 0 Å². The highest BCUT2D eigenvalue weighted by molar-refractivity contribution is 5.66. The molecule has 0 aromatic heterocycles. The van der Waals surface area contributed by atoms with E-state index in [0.29, 0.717) is 6.42 Å². The number of carbonyl (C=O) groups is 1. The molecule has 0 aliphatic carbocycles. The summed E-state index contributed by atoms with van der Waals surface area (Å²) in [6.45, 7) is 2.13. The Hall–Kier alpha value is -1.95. The Kier molecular flexibility index (Phi) is 11.3. The summed E-state index contributed by atoms with van der Waals surface area (Å²) >= 11 is 0. The van der Waals surface area contributed by atoms with E-state index in [1.54, 1.807) is 12.2 Å². The third kappa shape index (κ3) is 10.1. The van der Waals surface area contributed by atoms with Gasteiger partial charge >= 0.3 is 5.97 Å². The molecule has 5 heteroatoms. The predicted molar refractivity (Wildman–Crippen MR) is 108 cm³/mol. The fourth-order valence-corrected chi connectivity index (χ4v) is 2.69. The molecule has 1 aromatic rings. The van der Waals surface area contributed by atoms with E-state index in [0.717, 1.165) is 36.8 Å². The second kappa shape index (κ2) is 13.3. The van der Waals surface area contributed by atoms with E-state index >= 15 is 0 Å². The Morgan fingerprint density at radius 1 is 0.963 bits per heavy atom. The van der Waals surface area contributed by atoms with Gasteiger partial charge in [0.25, 0.3) is 0 Å². The van der Waals surface area contributed by atoms with Crippen LogP contribution in [0.3, 0.4) is 0 Å². The molecule has 0 unspecified atom stereocenters. The van der Waals surface area contributed by atoms with Gasteiger partial charge in [-0.2, -0.15) is 0 Å². The summed E-state index contributed by atoms with van der Waals surface area (Å²) < 4.78 is 0. The summed E-state index contributed by atoms with van der Waals surface area (Å²) in [4.78, 5) is 10.5. The second-order valence-corrected chi connectivity index (χ2v) is 6.75. The number of aliphatic carboxylic acids is 1. The van der Waals surface area contributed by atoms with Crippen LogP contribution >= 0.6 is 0 Å². The van der Waals surface area contributed by atoms with Crippen LogP contribution in [0.1, 0.15) is 63.0 Å². The van der Waals surface area contributed by atoms with Crippen LogP contribution in [0.2, 0.25) is 0 Å². The molecule has 1 rings (SSSR count). The van der Waals surface area contributed by atoms with Crippen molar-refractivity contribution in [2.24, 2.45) is 0 Å². The number of aliphatic hydroxyl groups excluding tert-OH is 3. The van der Waals surface area contributed by atoms with Crippen molar-refractivity contribution in [1.29, 1.82) is 0 Å². The van der Waals surface area contributed by atoms with Gasteiger partial charge in [-0.05, 0) is 30.4 Å². The monoisotopic (exact) mass is 376 g/mol. The quantitative estimate of drug-likeness (QED) is 0.394. The highest BCUT2D eigenvalue weighted by Crippen LogP contribution is 2.16. The minimum Gasteiger partial charge on any atom is -0.481 e. The number of carboxylic acids is 1. The van der Waals surface area contributed by atoms with Crippen molar-refractivity contribution in [3.05, 3.63) is 47.5 Å². The summed E-state index contributed by atoms with van der Waals surface area (Å²) in [5.41, 5.74) is 1.78. The molecule has 5 nitrogen and oxygen atoms in total. The van der Waals surface area contributed by atoms with E-state index in [4.69, 9.17) is 5.11 Å². The average Bonchev–Trinajstić information content (AvgIpc) is 2.64. The van der Waals surface area contributed by atoms with Crippen molar-refractivity contribution in [2.45, 2.75) is 70.2 Å². The van der Waals surface area contributed by atoms with Gasteiger partial charge in [0.2, 0.25) is 0 Å². The molecule has 0 aliphatic rings. The molecule has 0 bridgehead atoms. The Bertz CT molecular complexity index is 608. The van der Waals surface area contributed by atoms with E-state index in [-0.39, 0.29) is 12.8 Å². The highest BCUT2D eigenvalue weighted by atomic mass is 16.4. The average molecular weight is 376 g/mol. The molecule has 0 saturated carbocycles. The molecule has 27 heavy (non-hydrogen) atoms. The second-order valence-electron chi connectivity index (χ2n) is 6.75. The van der Waals surface area contributed by atoms with Crippen LogP contribution in [0.25, 0.3) is 12.2 Å². The van der Waals surface area contributed by atoms with Crippen LogP contribution in [-0.2, 0) is 4.79 Å². The number of carboxylic acid groups (broad SMARTS) is 1. The van der Waals surface area contributed by atoms with E-state index in [1.165, 1.54) is 6.08 Å². The minimum absolute atomic E-state index is 0.0261. The van der Waals surface area contributed by atoms with E-state index < -0.39 is 24.3 Å². The van der Waals surface area contributed by atoms with Gasteiger partial charge in [0.05, 0.1) is 18.3 Å². The first-order valence-electron chi connectivity index (χ1n) is 9.65. The largest absolute Gasteiger partial charge is 0.481 e. The van der Waals surface area contributed by atoms with Gasteiger partial charge in [0.15, 0.2) is 0 Å². The van der Waals surface area contributed by atoms with Crippen LogP contribution in [0, 0.1) is 0 Å². The van der Waals surface area contributed by atoms with E-state index in [2.05, 4.69) is 6.92 Å². The molecule has 0 spiro atoms. The molecule has 0 amide bonds. The summed E-state index contributed by atoms with van der Waals surface area (Å²) in [5.74, 6) is -0.912. The molecule has 0 heterocycles. The van der Waals surface area contributed by atoms with Gasteiger partial charge in [-0.15, -0.1) is 0 Å². The normalized spacial score (nSPS) is 15.3. The maximum absolute atomic E-state index is 10.5. The van der Waals surface area contributed by atoms with Crippen molar-refractivity contribution < 1.29 is 25.2 Å². The van der Waals surface area contributed by atoms with Gasteiger partial charge in [-0.1, -0.05) is 74.8 Å². The summed E-state index contributed by atoms with van der Waals surface area (Å²) in [6.07, 6.45) is 8.83. The zero-order valence-electron chi connectivity index (χ0n) is 16.0. The molecule has 0 radical (unpaired) electrons. The van der Waals surface area contributed by atoms with Gasteiger partial charge in [0, 0.05) is 6.42 Å². The summed E-state index contributed by atoms with van der Waals surface area (Å²) in [5, 5.41) is 38.6. The van der Waals surface area contributed by atoms with Crippen molar-refractivity contribution in [1.82, 2.24) is 0 Å². The fourth-order valence-electron chi connectivity index (χ4n) is 2.69. The first-order valence-corrected chi connectivity index (χ1v) is 9.65. The number of rotatable bonds is 13. The number of unbranched alkanes of at least 4 members (excludes halogenated alkanes) is 2. The maximum atomic E-state index is 10.5. The Labute approximate surface area is 161 Å². The van der Waals surface area contributed by atoms with E-state index in [1.807, 2.05) is 30.3 Å². The lowest BCUT2D eigenvalue weighted by Crippen LogP contribution is -2.23. The summed E-state index contributed by atoms with van der Waals surface area (Å²) in [6, 6.07) is 7.59. The summed E-state index contributed by atoms with van der Waals surface area (Å²) in [7, 11) is 0. The van der Waals surface area contributed by atoms with Crippen molar-refractivity contribution in [2.75, 3.05) is 0 Å². The van der Waals surface area contributed by atoms with Crippen LogP contribution in [0.15, 0.2) is 36.4 Å². The molecule has 0 saturated heterocycles. The molecule has 4 N–H and O–H groups in total. The molecule has 150 valence electrons. The number of hydrogen-bond acceptors (Lipinski definition) is 4. The lowest BCUT2D eigenvalue weighted by Gasteiger charge is -2.14. The van der Waals surface area contributed by atoms with Crippen molar-refractivity contribution >= 4 is 18.1 Å². The molecule has 3 atom stereocenters. The molecular weight excluding hydrogens is 344 g/mol. The molecule has 0 fully saturated rings. The van der Waals surface area contributed by atoms with Gasteiger partial charge in [-0.3, -0.25) is 4.79 Å². The van der Waals surface area contributed by atoms with Crippen molar-refractivity contribution in [3.63, 3.8) is 0 Å². The molecule has 1 aromatic carbocycles. The smallest absolute Gasteiger partial charge is 0.303 e. The molecular formula is C22H32O5. The first kappa shape index (κ1) is 23.1. The molecule has 0 aliphatic heterocycles. The zero-order chi connectivity index (χ0) is 20.1. The SMILES string of the molecule is CCCCC[C@@H](O)C=Cc1ccccc1C=C[C@@H](O)[C@@H](O)CCCC(=O)O. The predicted octanol–water partition coefficient (Wildman–Crippen LogP) is 3.63. The van der Waals surface area contributed by atoms with Crippen molar-refractivity contribution in [3.8, 4) is 0 Å². The van der Waals surface area contributed by atoms with Crippen LogP contribution < -0.4 is 0 Å². The van der Waals surface area contributed by atoms with Gasteiger partial charge < -0.3 is 20.4 Å². The van der Waals surface area contributed by atoms with Crippen LogP contribution in [-0.4, -0.2) is 44.7 Å². The lowest BCUT2D eigenvalue weighted by atomic mass is 10.0. The highest BCUT2D eigenvalue weighted by Gasteiger charge is 2.13. The lowest BCUT2D eigenvalue weighted by molar-refractivity contribution is -0.137. The number of hydrogen-bond donors (Lipinski definition) is 4. The number of benzene rings is 1. The Morgan fingerprint density at radius 2 is 1.59 bits per heavy atom. The van der Waals surface area contributed by atoms with E-state index in [9.17, 15) is 20.1 Å². The standard InChI is InChI=1S/C22H32O5/c1-2-3-4-10-19(23)15-13-17-8-5-6-9-18(17)14-16-21(25)20(24)11-7-12-22(26)27/h5-6,8-9,13-16,19-21,23-25H,2-4,7,10-12H2,1H3,(H,26,27)/t19-,20+,21-/m1/s1. The zero-order valence-corrected chi connectivity index (χ0v) is 16.0. The Balaban J connectivity index is 2.64. The van der Waals surface area contributed by atoms with Gasteiger partial charge in [0.1, 0.15) is 0 Å². The topological polar surface area (TPSA) is 98.0 Å². The third-order valence-corrected chi connectivity index (χ3v) is 4.36. The first-order chi connectivity index (χ1) is 12.9. The Morgan fingerprint density at radius 3 is 2.19 bits per heavy atom. The maximum Gasteiger partial charge on any atom is 0.303 e. The minimum atomic E-state index is -1.06. The fraction of sp³-hybridized carbons (Fsp3) is 0.500. The van der Waals surface area contributed by atoms with Gasteiger partial charge in [-0.25, -0.2) is 0 Å². The van der Waals surface area contributed by atoms with Crippen LogP contribution in [0.4, 0.5) is 0 Å².